The molecule has 1 N–H and O–H groups in total. The smallest absolute Gasteiger partial charge is 0.226 e. The van der Waals surface area contributed by atoms with Gasteiger partial charge < -0.3 is 5.32 Å². The van der Waals surface area contributed by atoms with E-state index in [9.17, 15) is 4.79 Å². The van der Waals surface area contributed by atoms with Crippen LogP contribution in [0, 0.1) is 0 Å². The van der Waals surface area contributed by atoms with Gasteiger partial charge in [-0.25, -0.2) is 0 Å². The molecule has 0 bridgehead atoms. The maximum Gasteiger partial charge on any atom is 0.226 e. The molecular formula is C22H34ClNO. The lowest BCUT2D eigenvalue weighted by Gasteiger charge is -2.07. The number of anilines is 1. The van der Waals surface area contributed by atoms with Gasteiger partial charge in [0, 0.05) is 18.7 Å². The summed E-state index contributed by atoms with van der Waals surface area (Å²) < 4.78 is 0. The van der Waals surface area contributed by atoms with E-state index in [-0.39, 0.29) is 5.24 Å². The maximum atomic E-state index is 10.9. The highest BCUT2D eigenvalue weighted by Gasteiger charge is 2.00. The van der Waals surface area contributed by atoms with Crippen molar-refractivity contribution in [1.29, 1.82) is 0 Å². The molecule has 25 heavy (non-hydrogen) atoms. The topological polar surface area (TPSA) is 29.1 Å². The monoisotopic (exact) mass is 363 g/mol. The van der Waals surface area contributed by atoms with Gasteiger partial charge in [-0.3, -0.25) is 4.79 Å². The fraction of sp³-hybridized carbons (Fsp3) is 0.591. The van der Waals surface area contributed by atoms with E-state index in [1.165, 1.54) is 51.4 Å². The number of halogens is 1. The third kappa shape index (κ3) is 12.7. The van der Waals surface area contributed by atoms with Gasteiger partial charge in [0.1, 0.15) is 0 Å². The van der Waals surface area contributed by atoms with E-state index in [2.05, 4.69) is 24.4 Å². The summed E-state index contributed by atoms with van der Waals surface area (Å²) >= 11 is 5.43. The highest BCUT2D eigenvalue weighted by Crippen LogP contribution is 2.12. The Hall–Kier alpha value is -1.28. The third-order valence-corrected chi connectivity index (χ3v) is 4.42. The van der Waals surface area contributed by atoms with E-state index >= 15 is 0 Å². The van der Waals surface area contributed by atoms with E-state index in [0.717, 1.165) is 30.6 Å². The summed E-state index contributed by atoms with van der Waals surface area (Å²) in [4.78, 5) is 10.9. The number of carbonyl (C=O) groups excluding carboxylic acids is 1. The van der Waals surface area contributed by atoms with Gasteiger partial charge in [0.05, 0.1) is 0 Å². The minimum atomic E-state index is -0.316. The average Bonchev–Trinajstić information content (AvgIpc) is 2.59. The average molecular weight is 364 g/mol. The number of allylic oxidation sites excluding steroid dienone is 2. The molecule has 0 fully saturated rings. The van der Waals surface area contributed by atoms with Crippen LogP contribution in [0.3, 0.4) is 0 Å². The predicted octanol–water partition coefficient (Wildman–Crippen LogP) is 6.88. The normalized spacial score (nSPS) is 11.1. The Labute approximate surface area is 159 Å². The van der Waals surface area contributed by atoms with Gasteiger partial charge in [-0.05, 0) is 55.0 Å². The van der Waals surface area contributed by atoms with Gasteiger partial charge in [-0.15, -0.1) is 0 Å². The van der Waals surface area contributed by atoms with Gasteiger partial charge in [0.2, 0.25) is 5.24 Å². The van der Waals surface area contributed by atoms with Crippen LogP contribution in [-0.2, 0) is 11.2 Å². The number of benzene rings is 1. The Kier molecular flexibility index (Phi) is 13.1. The molecule has 1 aromatic rings. The summed E-state index contributed by atoms with van der Waals surface area (Å²) in [7, 11) is 0. The van der Waals surface area contributed by atoms with Gasteiger partial charge in [-0.2, -0.15) is 0 Å². The van der Waals surface area contributed by atoms with Crippen LogP contribution in [0.2, 0.25) is 0 Å². The van der Waals surface area contributed by atoms with Crippen molar-refractivity contribution in [1.82, 2.24) is 0 Å². The second-order valence-electron chi connectivity index (χ2n) is 6.68. The maximum absolute atomic E-state index is 10.9. The Morgan fingerprint density at radius 1 is 1.00 bits per heavy atom. The zero-order valence-electron chi connectivity index (χ0n) is 15.7. The molecule has 0 spiro atoms. The fourth-order valence-corrected chi connectivity index (χ4v) is 3.01. The summed E-state index contributed by atoms with van der Waals surface area (Å²) in [6, 6.07) is 7.91. The molecule has 0 aliphatic heterocycles. The van der Waals surface area contributed by atoms with Crippen LogP contribution in [-0.4, -0.2) is 11.8 Å². The molecule has 0 amide bonds. The molecule has 0 aliphatic rings. The first-order valence-electron chi connectivity index (χ1n) is 9.88. The molecule has 2 nitrogen and oxygen atoms in total. The largest absolute Gasteiger partial charge is 0.385 e. The zero-order valence-corrected chi connectivity index (χ0v) is 16.5. The van der Waals surface area contributed by atoms with Crippen LogP contribution in [0.1, 0.15) is 76.7 Å². The van der Waals surface area contributed by atoms with Crippen molar-refractivity contribution in [2.45, 2.75) is 77.6 Å². The van der Waals surface area contributed by atoms with Crippen molar-refractivity contribution in [2.75, 3.05) is 11.9 Å². The zero-order chi connectivity index (χ0) is 18.2. The van der Waals surface area contributed by atoms with E-state index < -0.39 is 0 Å². The lowest BCUT2D eigenvalue weighted by atomic mass is 10.1. The molecule has 140 valence electrons. The first-order chi connectivity index (χ1) is 12.2. The minimum absolute atomic E-state index is 0.290. The summed E-state index contributed by atoms with van der Waals surface area (Å²) in [6.07, 6.45) is 18.0. The first-order valence-corrected chi connectivity index (χ1v) is 10.3. The summed E-state index contributed by atoms with van der Waals surface area (Å²) in [6.45, 7) is 3.21. The Morgan fingerprint density at radius 2 is 1.68 bits per heavy atom. The van der Waals surface area contributed by atoms with Crippen molar-refractivity contribution < 1.29 is 4.79 Å². The van der Waals surface area contributed by atoms with Crippen LogP contribution in [0.15, 0.2) is 36.4 Å². The molecule has 1 rings (SSSR count). The van der Waals surface area contributed by atoms with Crippen LogP contribution in [0.4, 0.5) is 5.69 Å². The van der Waals surface area contributed by atoms with Crippen molar-refractivity contribution in [3.05, 3.63) is 42.0 Å². The lowest BCUT2D eigenvalue weighted by Crippen LogP contribution is -2.02. The Bertz CT molecular complexity index is 499. The van der Waals surface area contributed by atoms with Gasteiger partial charge in [0.25, 0.3) is 0 Å². The number of rotatable bonds is 15. The molecular weight excluding hydrogens is 330 g/mol. The number of hydrogen-bond acceptors (Lipinski definition) is 2. The molecule has 3 heteroatoms. The second-order valence-corrected chi connectivity index (χ2v) is 7.10. The SMILES string of the molecule is CCCCCCCCCC=CCCCNc1cccc(CC(=O)Cl)c1. The van der Waals surface area contributed by atoms with E-state index in [1.54, 1.807) is 0 Å². The Morgan fingerprint density at radius 3 is 2.40 bits per heavy atom. The van der Waals surface area contributed by atoms with E-state index in [4.69, 9.17) is 11.6 Å². The van der Waals surface area contributed by atoms with Crippen LogP contribution in [0.25, 0.3) is 0 Å². The second kappa shape index (κ2) is 15.0. The highest BCUT2D eigenvalue weighted by atomic mass is 35.5. The Balaban J connectivity index is 2.00. The van der Waals surface area contributed by atoms with Crippen LogP contribution in [0.5, 0.6) is 0 Å². The van der Waals surface area contributed by atoms with Crippen LogP contribution >= 0.6 is 11.6 Å². The highest BCUT2D eigenvalue weighted by molar-refractivity contribution is 6.63. The number of unbranched alkanes of at least 4 members (excludes halogenated alkanes) is 8. The molecule has 0 saturated heterocycles. The number of carbonyl (C=O) groups is 1. The van der Waals surface area contributed by atoms with Gasteiger partial charge >= 0.3 is 0 Å². The fourth-order valence-electron chi connectivity index (χ4n) is 2.86. The molecule has 0 saturated carbocycles. The molecule has 0 heterocycles. The standard InChI is InChI=1S/C22H34ClNO/c1-2-3-4-5-6-7-8-9-10-11-12-13-17-24-21-16-14-15-20(18-21)19-22(23)25/h10-11,14-16,18,24H,2-9,12-13,17,19H2,1H3. The minimum Gasteiger partial charge on any atom is -0.385 e. The van der Waals surface area contributed by atoms with E-state index in [1.807, 2.05) is 24.3 Å². The summed E-state index contributed by atoms with van der Waals surface area (Å²) in [5.74, 6) is 0. The first kappa shape index (κ1) is 21.8. The lowest BCUT2D eigenvalue weighted by molar-refractivity contribution is -0.111. The molecule has 0 aliphatic carbocycles. The quantitative estimate of drug-likeness (QED) is 0.209. The van der Waals surface area contributed by atoms with E-state index in [0.29, 0.717) is 6.42 Å². The third-order valence-electron chi connectivity index (χ3n) is 4.29. The molecule has 0 unspecified atom stereocenters. The molecule has 0 radical (unpaired) electrons. The predicted molar refractivity (Wildman–Crippen MR) is 110 cm³/mol. The van der Waals surface area contributed by atoms with Crippen molar-refractivity contribution >= 4 is 22.5 Å². The van der Waals surface area contributed by atoms with Gasteiger partial charge in [-0.1, -0.05) is 69.7 Å². The molecule has 1 aromatic carbocycles. The van der Waals surface area contributed by atoms with Crippen LogP contribution < -0.4 is 5.32 Å². The molecule has 0 atom stereocenters. The van der Waals surface area contributed by atoms with Crippen molar-refractivity contribution in [3.63, 3.8) is 0 Å². The summed E-state index contributed by atoms with van der Waals surface area (Å²) in [5.41, 5.74) is 2.02. The van der Waals surface area contributed by atoms with Crippen molar-refractivity contribution in [2.24, 2.45) is 0 Å². The number of hydrogen-bond donors (Lipinski definition) is 1. The van der Waals surface area contributed by atoms with Gasteiger partial charge in [0.15, 0.2) is 0 Å². The summed E-state index contributed by atoms with van der Waals surface area (Å²) in [5, 5.41) is 3.09. The number of nitrogens with one attached hydrogen (secondary N) is 1. The van der Waals surface area contributed by atoms with Crippen molar-refractivity contribution in [3.8, 4) is 0 Å². The molecule has 0 aromatic heterocycles.